The maximum absolute atomic E-state index is 12.7. The summed E-state index contributed by atoms with van der Waals surface area (Å²) in [6.45, 7) is 2.77. The Kier molecular flexibility index (Phi) is 5.91. The normalized spacial score (nSPS) is 17.1. The van der Waals surface area contributed by atoms with Crippen LogP contribution < -0.4 is 10.1 Å². The number of methoxy groups -OCH3 is 1. The number of likely N-dealkylation sites (tertiary alicyclic amines) is 1. The molecule has 6 nitrogen and oxygen atoms in total. The maximum Gasteiger partial charge on any atom is 0.251 e. The van der Waals surface area contributed by atoms with Gasteiger partial charge in [0.15, 0.2) is 0 Å². The number of aromatic nitrogens is 2. The third kappa shape index (κ3) is 4.84. The molecule has 3 aromatic rings. The van der Waals surface area contributed by atoms with Crippen LogP contribution in [0.2, 0.25) is 0 Å². The molecular formula is C23H26N4O2. The van der Waals surface area contributed by atoms with Crippen molar-refractivity contribution in [2.75, 3.05) is 20.2 Å². The number of ether oxygens (including phenoxy) is 1. The van der Waals surface area contributed by atoms with Crippen LogP contribution >= 0.6 is 0 Å². The lowest BCUT2D eigenvalue weighted by molar-refractivity contribution is 0.0901. The molecule has 0 spiro atoms. The van der Waals surface area contributed by atoms with Crippen LogP contribution in [0.4, 0.5) is 0 Å². The Hall–Kier alpha value is -3.12. The van der Waals surface area contributed by atoms with Gasteiger partial charge >= 0.3 is 0 Å². The van der Waals surface area contributed by atoms with E-state index in [1.807, 2.05) is 47.2 Å². The Labute approximate surface area is 171 Å². The van der Waals surface area contributed by atoms with Gasteiger partial charge in [0.25, 0.3) is 5.91 Å². The van der Waals surface area contributed by atoms with Crippen LogP contribution in [0.1, 0.15) is 28.8 Å². The summed E-state index contributed by atoms with van der Waals surface area (Å²) in [6, 6.07) is 15.9. The number of rotatable bonds is 6. The predicted octanol–water partition coefficient (Wildman–Crippen LogP) is 3.28. The van der Waals surface area contributed by atoms with E-state index in [4.69, 9.17) is 4.74 Å². The van der Waals surface area contributed by atoms with Crippen LogP contribution in [0.5, 0.6) is 5.75 Å². The number of benzene rings is 2. The molecule has 0 bridgehead atoms. The molecule has 1 amide bonds. The Morgan fingerprint density at radius 1 is 1.24 bits per heavy atom. The highest BCUT2D eigenvalue weighted by molar-refractivity contribution is 5.94. The number of carbonyl (C=O) groups is 1. The van der Waals surface area contributed by atoms with Crippen molar-refractivity contribution in [1.29, 1.82) is 0 Å². The van der Waals surface area contributed by atoms with Gasteiger partial charge in [-0.15, -0.1) is 0 Å². The molecule has 1 fully saturated rings. The van der Waals surface area contributed by atoms with Crippen molar-refractivity contribution in [2.24, 2.45) is 0 Å². The van der Waals surface area contributed by atoms with Crippen LogP contribution in [-0.4, -0.2) is 46.6 Å². The van der Waals surface area contributed by atoms with Crippen molar-refractivity contribution in [3.63, 3.8) is 0 Å². The van der Waals surface area contributed by atoms with Crippen molar-refractivity contribution < 1.29 is 9.53 Å². The smallest absolute Gasteiger partial charge is 0.251 e. The molecule has 29 heavy (non-hydrogen) atoms. The Morgan fingerprint density at radius 3 is 2.86 bits per heavy atom. The highest BCUT2D eigenvalue weighted by atomic mass is 16.5. The monoisotopic (exact) mass is 390 g/mol. The van der Waals surface area contributed by atoms with E-state index in [2.05, 4.69) is 27.3 Å². The molecule has 1 saturated heterocycles. The number of piperidine rings is 1. The zero-order chi connectivity index (χ0) is 20.1. The fourth-order valence-electron chi connectivity index (χ4n) is 3.81. The van der Waals surface area contributed by atoms with E-state index in [0.29, 0.717) is 5.56 Å². The molecule has 0 aliphatic carbocycles. The van der Waals surface area contributed by atoms with Gasteiger partial charge < -0.3 is 14.6 Å². The van der Waals surface area contributed by atoms with Gasteiger partial charge in [-0.05, 0) is 61.3 Å². The number of nitrogens with zero attached hydrogens (tertiary/aromatic N) is 3. The van der Waals surface area contributed by atoms with Gasteiger partial charge in [-0.2, -0.15) is 0 Å². The molecule has 0 saturated carbocycles. The lowest BCUT2D eigenvalue weighted by Crippen LogP contribution is -2.47. The first kappa shape index (κ1) is 19.2. The van der Waals surface area contributed by atoms with Crippen LogP contribution in [0.15, 0.2) is 67.3 Å². The van der Waals surface area contributed by atoms with Gasteiger partial charge in [-0.1, -0.05) is 12.1 Å². The molecule has 0 unspecified atom stereocenters. The molecule has 6 heteroatoms. The molecule has 2 heterocycles. The van der Waals surface area contributed by atoms with Crippen molar-refractivity contribution in [3.8, 4) is 11.4 Å². The summed E-state index contributed by atoms with van der Waals surface area (Å²) in [4.78, 5) is 19.1. The summed E-state index contributed by atoms with van der Waals surface area (Å²) < 4.78 is 7.23. The number of hydrogen-bond acceptors (Lipinski definition) is 4. The van der Waals surface area contributed by atoms with Gasteiger partial charge in [-0.25, -0.2) is 4.98 Å². The minimum Gasteiger partial charge on any atom is -0.497 e. The van der Waals surface area contributed by atoms with Crippen LogP contribution in [-0.2, 0) is 6.54 Å². The molecule has 1 aliphatic rings. The van der Waals surface area contributed by atoms with Gasteiger partial charge in [0, 0.05) is 42.8 Å². The first-order valence-corrected chi connectivity index (χ1v) is 9.96. The number of hydrogen-bond donors (Lipinski definition) is 1. The van der Waals surface area contributed by atoms with Crippen molar-refractivity contribution in [1.82, 2.24) is 19.8 Å². The lowest BCUT2D eigenvalue weighted by atomic mass is 10.0. The van der Waals surface area contributed by atoms with Gasteiger partial charge in [-0.3, -0.25) is 9.69 Å². The highest BCUT2D eigenvalue weighted by Crippen LogP contribution is 2.18. The van der Waals surface area contributed by atoms with Crippen LogP contribution in [0.3, 0.4) is 0 Å². The molecule has 4 rings (SSSR count). The molecule has 150 valence electrons. The average molecular weight is 390 g/mol. The second kappa shape index (κ2) is 8.92. The Morgan fingerprint density at radius 2 is 2.10 bits per heavy atom. The fraction of sp³-hybridized carbons (Fsp3) is 0.304. The van der Waals surface area contributed by atoms with E-state index in [9.17, 15) is 4.79 Å². The zero-order valence-electron chi connectivity index (χ0n) is 16.6. The predicted molar refractivity (Wildman–Crippen MR) is 112 cm³/mol. The summed E-state index contributed by atoms with van der Waals surface area (Å²) in [7, 11) is 1.69. The Balaban J connectivity index is 1.34. The van der Waals surface area contributed by atoms with Gasteiger partial charge in [0.2, 0.25) is 0 Å². The second-order valence-electron chi connectivity index (χ2n) is 7.42. The first-order valence-electron chi connectivity index (χ1n) is 9.96. The van der Waals surface area contributed by atoms with Gasteiger partial charge in [0.1, 0.15) is 5.75 Å². The first-order chi connectivity index (χ1) is 14.2. The molecule has 1 N–H and O–H groups in total. The molecule has 1 aliphatic heterocycles. The summed E-state index contributed by atoms with van der Waals surface area (Å²) in [5.74, 6) is 0.860. The summed E-state index contributed by atoms with van der Waals surface area (Å²) in [5, 5.41) is 3.20. The molecule has 0 radical (unpaired) electrons. The largest absolute Gasteiger partial charge is 0.497 e. The lowest BCUT2D eigenvalue weighted by Gasteiger charge is -2.33. The summed E-state index contributed by atoms with van der Waals surface area (Å²) in [5.41, 5.74) is 2.89. The average Bonchev–Trinajstić information content (AvgIpc) is 3.29. The number of imidazole rings is 1. The third-order valence-corrected chi connectivity index (χ3v) is 5.31. The maximum atomic E-state index is 12.7. The van der Waals surface area contributed by atoms with E-state index in [1.165, 1.54) is 5.56 Å². The van der Waals surface area contributed by atoms with Crippen molar-refractivity contribution in [3.05, 3.63) is 78.4 Å². The number of carbonyl (C=O) groups excluding carboxylic acids is 1. The minimum absolute atomic E-state index is 0.0181. The van der Waals surface area contributed by atoms with Crippen molar-refractivity contribution >= 4 is 5.91 Å². The van der Waals surface area contributed by atoms with E-state index in [1.54, 1.807) is 19.6 Å². The molecular weight excluding hydrogens is 364 g/mol. The Bertz CT molecular complexity index is 938. The highest BCUT2D eigenvalue weighted by Gasteiger charge is 2.22. The summed E-state index contributed by atoms with van der Waals surface area (Å²) in [6.07, 6.45) is 7.45. The van der Waals surface area contributed by atoms with Crippen LogP contribution in [0.25, 0.3) is 5.69 Å². The fourth-order valence-corrected chi connectivity index (χ4v) is 3.81. The van der Waals surface area contributed by atoms with Crippen molar-refractivity contribution in [2.45, 2.75) is 25.4 Å². The van der Waals surface area contributed by atoms with E-state index >= 15 is 0 Å². The topological polar surface area (TPSA) is 59.4 Å². The quantitative estimate of drug-likeness (QED) is 0.702. The molecule has 1 aromatic heterocycles. The van der Waals surface area contributed by atoms with Gasteiger partial charge in [0.05, 0.1) is 13.4 Å². The SMILES string of the molecule is COc1cccc(CN2CCC[C@@H](NC(=O)c3ccc(-n4ccnc4)cc3)C2)c1. The van der Waals surface area contributed by atoms with Crippen LogP contribution in [0, 0.1) is 0 Å². The van der Waals surface area contributed by atoms with E-state index < -0.39 is 0 Å². The number of nitrogens with one attached hydrogen (secondary N) is 1. The standard InChI is InChI=1S/C23H26N4O2/c1-29-22-6-2-4-18(14-22)15-26-12-3-5-20(16-26)25-23(28)19-7-9-21(10-8-19)27-13-11-24-17-27/h2,4,6-11,13-14,17,20H,3,5,12,15-16H2,1H3,(H,25,28)/t20-/m1/s1. The number of amides is 1. The zero-order valence-corrected chi connectivity index (χ0v) is 16.6. The summed E-state index contributed by atoms with van der Waals surface area (Å²) >= 11 is 0. The molecule has 1 atom stereocenters. The second-order valence-corrected chi connectivity index (χ2v) is 7.42. The minimum atomic E-state index is -0.0181. The van der Waals surface area contributed by atoms with E-state index in [-0.39, 0.29) is 11.9 Å². The molecule has 2 aromatic carbocycles. The van der Waals surface area contributed by atoms with E-state index in [0.717, 1.165) is 43.9 Å². The third-order valence-electron chi connectivity index (χ3n) is 5.31.